The summed E-state index contributed by atoms with van der Waals surface area (Å²) in [5.41, 5.74) is 2.08. The summed E-state index contributed by atoms with van der Waals surface area (Å²) in [6, 6.07) is 12.5. The third-order valence-electron chi connectivity index (χ3n) is 4.42. The summed E-state index contributed by atoms with van der Waals surface area (Å²) in [6.45, 7) is 3.74. The van der Waals surface area contributed by atoms with Crippen LogP contribution in [0.25, 0.3) is 0 Å². The number of anilines is 1. The second-order valence-corrected chi connectivity index (χ2v) is 9.56. The lowest BCUT2D eigenvalue weighted by atomic mass is 10.2. The molecular weight excluding hydrogens is 394 g/mol. The summed E-state index contributed by atoms with van der Waals surface area (Å²) < 4.78 is 30.4. The number of hydrogen-bond acceptors (Lipinski definition) is 4. The van der Waals surface area contributed by atoms with E-state index in [0.717, 1.165) is 10.6 Å². The van der Waals surface area contributed by atoms with Gasteiger partial charge in [0.1, 0.15) is 0 Å². The lowest BCUT2D eigenvalue weighted by Gasteiger charge is -2.23. The predicted molar refractivity (Wildman–Crippen MR) is 112 cm³/mol. The molecule has 0 aliphatic rings. The molecule has 6 nitrogen and oxygen atoms in total. The first-order chi connectivity index (χ1) is 13.3. The zero-order chi connectivity index (χ0) is 20.3. The standard InChI is InChI=1S/C20H23N3O3S2/c1-15-12-17(21-16(2)24)8-9-20(15)28(25,26)23(14-19-7-5-11-27-19)13-18-6-4-10-22(18)3/h4-12H,13-14H2,1-3H3,(H,21,24). The van der Waals surface area contributed by atoms with Crippen molar-refractivity contribution in [3.63, 3.8) is 0 Å². The number of thiophene rings is 1. The van der Waals surface area contributed by atoms with E-state index in [0.29, 0.717) is 17.8 Å². The average molecular weight is 418 g/mol. The first-order valence-corrected chi connectivity index (χ1v) is 11.1. The lowest BCUT2D eigenvalue weighted by molar-refractivity contribution is -0.114. The van der Waals surface area contributed by atoms with Crippen LogP contribution in [0, 0.1) is 6.92 Å². The molecule has 0 radical (unpaired) electrons. The summed E-state index contributed by atoms with van der Waals surface area (Å²) in [6.07, 6.45) is 1.90. The highest BCUT2D eigenvalue weighted by Gasteiger charge is 2.27. The number of carbonyl (C=O) groups is 1. The average Bonchev–Trinajstić information content (AvgIpc) is 3.26. The molecule has 0 spiro atoms. The molecule has 0 saturated carbocycles. The van der Waals surface area contributed by atoms with Crippen LogP contribution >= 0.6 is 11.3 Å². The Kier molecular flexibility index (Phi) is 6.02. The second-order valence-electron chi connectivity index (χ2n) is 6.62. The molecule has 28 heavy (non-hydrogen) atoms. The first-order valence-electron chi connectivity index (χ1n) is 8.78. The van der Waals surface area contributed by atoms with Gasteiger partial charge in [-0.15, -0.1) is 11.3 Å². The minimum absolute atomic E-state index is 0.196. The van der Waals surface area contributed by atoms with Crippen molar-refractivity contribution in [1.82, 2.24) is 8.87 Å². The van der Waals surface area contributed by atoms with Crippen molar-refractivity contribution >= 4 is 33.0 Å². The van der Waals surface area contributed by atoms with Crippen LogP contribution < -0.4 is 5.32 Å². The number of carbonyl (C=O) groups excluding carboxylic acids is 1. The maximum atomic E-state index is 13.5. The number of aryl methyl sites for hydroxylation is 2. The van der Waals surface area contributed by atoms with Gasteiger partial charge >= 0.3 is 0 Å². The lowest BCUT2D eigenvalue weighted by Crippen LogP contribution is -2.31. The van der Waals surface area contributed by atoms with Crippen LogP contribution in [0.2, 0.25) is 0 Å². The topological polar surface area (TPSA) is 71.4 Å². The Hall–Kier alpha value is -2.42. The fraction of sp³-hybridized carbons (Fsp3) is 0.250. The highest BCUT2D eigenvalue weighted by atomic mass is 32.2. The molecule has 8 heteroatoms. The zero-order valence-electron chi connectivity index (χ0n) is 16.0. The molecule has 1 N–H and O–H groups in total. The van der Waals surface area contributed by atoms with E-state index in [1.165, 1.54) is 22.6 Å². The third-order valence-corrected chi connectivity index (χ3v) is 7.23. The summed E-state index contributed by atoms with van der Waals surface area (Å²) in [5, 5.41) is 4.63. The molecule has 0 aliphatic heterocycles. The van der Waals surface area contributed by atoms with Gasteiger partial charge in [0.25, 0.3) is 0 Å². The van der Waals surface area contributed by atoms with Crippen molar-refractivity contribution in [3.05, 3.63) is 70.2 Å². The maximum absolute atomic E-state index is 13.5. The molecule has 2 heterocycles. The molecule has 0 fully saturated rings. The van der Waals surface area contributed by atoms with Gasteiger partial charge in [-0.2, -0.15) is 4.31 Å². The van der Waals surface area contributed by atoms with E-state index in [1.807, 2.05) is 47.5 Å². The van der Waals surface area contributed by atoms with Crippen LogP contribution in [-0.4, -0.2) is 23.2 Å². The van der Waals surface area contributed by atoms with Crippen molar-refractivity contribution in [2.75, 3.05) is 5.32 Å². The van der Waals surface area contributed by atoms with Gasteiger partial charge in [-0.25, -0.2) is 8.42 Å². The Balaban J connectivity index is 1.97. The minimum Gasteiger partial charge on any atom is -0.353 e. The summed E-state index contributed by atoms with van der Waals surface area (Å²) in [5.74, 6) is -0.196. The number of benzene rings is 1. The molecule has 1 aromatic carbocycles. The van der Waals surface area contributed by atoms with Crippen molar-refractivity contribution in [1.29, 1.82) is 0 Å². The molecule has 3 rings (SSSR count). The molecule has 148 valence electrons. The predicted octanol–water partition coefficient (Wildman–Crippen LogP) is 3.74. The van der Waals surface area contributed by atoms with Gasteiger partial charge in [0.2, 0.25) is 15.9 Å². The largest absolute Gasteiger partial charge is 0.353 e. The number of nitrogens with zero attached hydrogens (tertiary/aromatic N) is 2. The van der Waals surface area contributed by atoms with E-state index in [1.54, 1.807) is 25.1 Å². The minimum atomic E-state index is -3.73. The molecule has 0 aliphatic carbocycles. The molecular formula is C20H23N3O3S2. The number of sulfonamides is 1. The van der Waals surface area contributed by atoms with E-state index in [2.05, 4.69) is 5.32 Å². The van der Waals surface area contributed by atoms with E-state index >= 15 is 0 Å². The molecule has 0 bridgehead atoms. The van der Waals surface area contributed by atoms with Crippen molar-refractivity contribution in [3.8, 4) is 0 Å². The van der Waals surface area contributed by atoms with E-state index in [4.69, 9.17) is 0 Å². The van der Waals surface area contributed by atoms with Gasteiger partial charge in [-0.1, -0.05) is 6.07 Å². The number of hydrogen-bond donors (Lipinski definition) is 1. The van der Waals surface area contributed by atoms with Crippen LogP contribution in [0.4, 0.5) is 5.69 Å². The summed E-state index contributed by atoms with van der Waals surface area (Å²) in [4.78, 5) is 12.5. The van der Waals surface area contributed by atoms with Crippen LogP contribution in [0.1, 0.15) is 23.1 Å². The Labute approximate surface area is 169 Å². The van der Waals surface area contributed by atoms with E-state index in [-0.39, 0.29) is 17.3 Å². The van der Waals surface area contributed by atoms with Crippen molar-refractivity contribution in [2.24, 2.45) is 7.05 Å². The van der Waals surface area contributed by atoms with Crippen molar-refractivity contribution in [2.45, 2.75) is 31.8 Å². The molecule has 0 atom stereocenters. The molecule has 3 aromatic rings. The summed E-state index contributed by atoms with van der Waals surface area (Å²) >= 11 is 1.53. The molecule has 0 unspecified atom stereocenters. The van der Waals surface area contributed by atoms with E-state index in [9.17, 15) is 13.2 Å². The van der Waals surface area contributed by atoms with Crippen LogP contribution in [0.3, 0.4) is 0 Å². The number of amides is 1. The number of nitrogens with one attached hydrogen (secondary N) is 1. The molecule has 2 aromatic heterocycles. The Morgan fingerprint density at radius 2 is 1.96 bits per heavy atom. The maximum Gasteiger partial charge on any atom is 0.244 e. The Morgan fingerprint density at radius 3 is 2.54 bits per heavy atom. The molecule has 0 saturated heterocycles. The normalized spacial score (nSPS) is 11.7. The van der Waals surface area contributed by atoms with Crippen LogP contribution in [-0.2, 0) is 35.0 Å². The second kappa shape index (κ2) is 8.30. The smallest absolute Gasteiger partial charge is 0.244 e. The monoisotopic (exact) mass is 417 g/mol. The fourth-order valence-corrected chi connectivity index (χ4v) is 5.40. The molecule has 1 amide bonds. The number of rotatable bonds is 7. The highest BCUT2D eigenvalue weighted by Crippen LogP contribution is 2.27. The van der Waals surface area contributed by atoms with Crippen LogP contribution in [0.15, 0.2) is 58.9 Å². The van der Waals surface area contributed by atoms with Gasteiger partial charge in [-0.3, -0.25) is 4.79 Å². The third kappa shape index (κ3) is 4.52. The Bertz CT molecular complexity index is 1070. The van der Waals surface area contributed by atoms with Crippen LogP contribution in [0.5, 0.6) is 0 Å². The first kappa shape index (κ1) is 20.3. The number of aromatic nitrogens is 1. The van der Waals surface area contributed by atoms with Gasteiger partial charge < -0.3 is 9.88 Å². The van der Waals surface area contributed by atoms with Gasteiger partial charge in [0, 0.05) is 43.0 Å². The quantitative estimate of drug-likeness (QED) is 0.636. The van der Waals surface area contributed by atoms with Gasteiger partial charge in [0.05, 0.1) is 11.4 Å². The summed E-state index contributed by atoms with van der Waals surface area (Å²) in [7, 11) is -1.83. The van der Waals surface area contributed by atoms with E-state index < -0.39 is 10.0 Å². The van der Waals surface area contributed by atoms with Gasteiger partial charge in [-0.05, 0) is 54.3 Å². The van der Waals surface area contributed by atoms with Gasteiger partial charge in [0.15, 0.2) is 0 Å². The SMILES string of the molecule is CC(=O)Nc1ccc(S(=O)(=O)N(Cc2cccs2)Cc2cccn2C)c(C)c1. The zero-order valence-corrected chi connectivity index (χ0v) is 17.7. The fourth-order valence-electron chi connectivity index (χ4n) is 3.00. The highest BCUT2D eigenvalue weighted by molar-refractivity contribution is 7.89. The van der Waals surface area contributed by atoms with Crippen molar-refractivity contribution < 1.29 is 13.2 Å². The Morgan fingerprint density at radius 1 is 1.18 bits per heavy atom.